The number of nitro benzene ring substituents is 1. The van der Waals surface area contributed by atoms with Gasteiger partial charge in [0.15, 0.2) is 5.11 Å². The molecular formula is C25H29N5O3S. The highest BCUT2D eigenvalue weighted by Gasteiger charge is 2.41. The van der Waals surface area contributed by atoms with Gasteiger partial charge >= 0.3 is 0 Å². The van der Waals surface area contributed by atoms with Crippen molar-refractivity contribution in [2.45, 2.75) is 45.7 Å². The lowest BCUT2D eigenvalue weighted by molar-refractivity contribution is -0.384. The maximum atomic E-state index is 11.3. The van der Waals surface area contributed by atoms with Crippen molar-refractivity contribution >= 4 is 23.0 Å². The number of unbranched alkanes of at least 4 members (excludes halogenated alkanes) is 1. The van der Waals surface area contributed by atoms with Gasteiger partial charge in [0.25, 0.3) is 5.69 Å². The lowest BCUT2D eigenvalue weighted by Crippen LogP contribution is -2.30. The number of methoxy groups -OCH3 is 1. The smallest absolute Gasteiger partial charge is 0.273 e. The molecule has 4 rings (SSSR count). The maximum Gasteiger partial charge on any atom is 0.273 e. The van der Waals surface area contributed by atoms with Crippen LogP contribution >= 0.6 is 12.2 Å². The van der Waals surface area contributed by atoms with Crippen molar-refractivity contribution in [1.29, 1.82) is 0 Å². The fraction of sp³-hybridized carbons (Fsp3) is 0.360. The fourth-order valence-corrected chi connectivity index (χ4v) is 5.07. The lowest BCUT2D eigenvalue weighted by atomic mass is 9.96. The summed E-state index contributed by atoms with van der Waals surface area (Å²) in [5, 5.41) is 15.5. The highest BCUT2D eigenvalue weighted by Crippen LogP contribution is 2.42. The molecule has 1 saturated heterocycles. The Morgan fingerprint density at radius 2 is 2.03 bits per heavy atom. The first-order chi connectivity index (χ1) is 16.4. The molecule has 3 heterocycles. The van der Waals surface area contributed by atoms with E-state index in [4.69, 9.17) is 17.0 Å². The van der Waals surface area contributed by atoms with Gasteiger partial charge in [-0.25, -0.2) is 0 Å². The Morgan fingerprint density at radius 3 is 2.68 bits per heavy atom. The fourth-order valence-electron chi connectivity index (χ4n) is 4.74. The van der Waals surface area contributed by atoms with E-state index in [0.29, 0.717) is 5.75 Å². The molecule has 0 amide bonds. The maximum absolute atomic E-state index is 11.3. The summed E-state index contributed by atoms with van der Waals surface area (Å²) in [6, 6.07) is 12.7. The monoisotopic (exact) mass is 479 g/mol. The van der Waals surface area contributed by atoms with Crippen LogP contribution in [0.2, 0.25) is 0 Å². The van der Waals surface area contributed by atoms with Gasteiger partial charge < -0.3 is 19.5 Å². The third-order valence-electron chi connectivity index (χ3n) is 6.35. The van der Waals surface area contributed by atoms with E-state index < -0.39 is 4.92 Å². The van der Waals surface area contributed by atoms with Crippen LogP contribution in [-0.4, -0.2) is 38.1 Å². The third-order valence-corrected chi connectivity index (χ3v) is 6.71. The van der Waals surface area contributed by atoms with Gasteiger partial charge in [-0.05, 0) is 62.3 Å². The van der Waals surface area contributed by atoms with Crippen molar-refractivity contribution in [3.63, 3.8) is 0 Å². The van der Waals surface area contributed by atoms with Gasteiger partial charge in [0, 0.05) is 30.2 Å². The highest BCUT2D eigenvalue weighted by atomic mass is 32.1. The summed E-state index contributed by atoms with van der Waals surface area (Å²) < 4.78 is 7.63. The number of pyridine rings is 1. The van der Waals surface area contributed by atoms with Crippen molar-refractivity contribution in [2.24, 2.45) is 0 Å². The molecule has 1 aliphatic heterocycles. The SMILES string of the molecule is CCCCN1C(=S)NC(c2ccccn2)C1c1cc(C)n(-c2ccc([N+](=O)[O-])cc2OC)c1C. The predicted molar refractivity (Wildman–Crippen MR) is 136 cm³/mol. The topological polar surface area (TPSA) is 85.5 Å². The molecule has 34 heavy (non-hydrogen) atoms. The van der Waals surface area contributed by atoms with Crippen molar-refractivity contribution in [1.82, 2.24) is 19.8 Å². The molecule has 0 saturated carbocycles. The van der Waals surface area contributed by atoms with E-state index in [9.17, 15) is 10.1 Å². The molecular weight excluding hydrogens is 450 g/mol. The Bertz CT molecular complexity index is 1210. The number of hydrogen-bond acceptors (Lipinski definition) is 5. The number of nitrogens with one attached hydrogen (secondary N) is 1. The average Bonchev–Trinajstić information content (AvgIpc) is 3.32. The van der Waals surface area contributed by atoms with E-state index in [-0.39, 0.29) is 17.8 Å². The number of thiocarbonyl (C=S) groups is 1. The Balaban J connectivity index is 1.84. The molecule has 178 valence electrons. The van der Waals surface area contributed by atoms with Gasteiger partial charge in [0.1, 0.15) is 5.75 Å². The van der Waals surface area contributed by atoms with Crippen LogP contribution in [-0.2, 0) is 0 Å². The number of nitro groups is 1. The molecule has 0 aliphatic carbocycles. The molecule has 1 aromatic carbocycles. The largest absolute Gasteiger partial charge is 0.494 e. The van der Waals surface area contributed by atoms with Crippen molar-refractivity contribution in [3.05, 3.63) is 81.4 Å². The molecule has 2 unspecified atom stereocenters. The summed E-state index contributed by atoms with van der Waals surface area (Å²) in [5.74, 6) is 0.451. The van der Waals surface area contributed by atoms with Crippen LogP contribution in [0.25, 0.3) is 5.69 Å². The quantitative estimate of drug-likeness (QED) is 0.271. The molecule has 0 spiro atoms. The Morgan fingerprint density at radius 1 is 1.24 bits per heavy atom. The number of hydrogen-bond donors (Lipinski definition) is 1. The van der Waals surface area contributed by atoms with E-state index in [1.807, 2.05) is 25.1 Å². The van der Waals surface area contributed by atoms with Gasteiger partial charge in [-0.1, -0.05) is 19.4 Å². The van der Waals surface area contributed by atoms with E-state index in [1.165, 1.54) is 19.2 Å². The zero-order chi connectivity index (χ0) is 24.4. The summed E-state index contributed by atoms with van der Waals surface area (Å²) in [6.45, 7) is 7.12. The zero-order valence-corrected chi connectivity index (χ0v) is 20.6. The molecule has 2 atom stereocenters. The molecule has 1 fully saturated rings. The van der Waals surface area contributed by atoms with Crippen molar-refractivity contribution < 1.29 is 9.66 Å². The standard InChI is InChI=1S/C25H29N5O3S/c1-5-6-13-28-24(23(27-25(28)34)20-9-7-8-12-26-20)19-14-16(2)29(17(19)3)21-11-10-18(30(31)32)15-22(21)33-4/h7-12,14-15,23-24H,5-6,13H2,1-4H3,(H,27,34). The van der Waals surface area contributed by atoms with Gasteiger partial charge in [-0.2, -0.15) is 0 Å². The van der Waals surface area contributed by atoms with E-state index >= 15 is 0 Å². The second kappa shape index (κ2) is 9.80. The van der Waals surface area contributed by atoms with E-state index in [0.717, 1.165) is 52.8 Å². The number of aromatic nitrogens is 2. The molecule has 0 radical (unpaired) electrons. The number of aryl methyl sites for hydroxylation is 1. The van der Waals surface area contributed by atoms with Gasteiger partial charge in [-0.15, -0.1) is 0 Å². The van der Waals surface area contributed by atoms with Crippen molar-refractivity contribution in [2.75, 3.05) is 13.7 Å². The first-order valence-corrected chi connectivity index (χ1v) is 11.8. The molecule has 1 N–H and O–H groups in total. The molecule has 9 heteroatoms. The molecule has 2 aromatic heterocycles. The Labute approximate surface area is 204 Å². The van der Waals surface area contributed by atoms with Crippen molar-refractivity contribution in [3.8, 4) is 11.4 Å². The summed E-state index contributed by atoms with van der Waals surface area (Å²) in [7, 11) is 1.53. The van der Waals surface area contributed by atoms with Gasteiger partial charge in [-0.3, -0.25) is 15.1 Å². The number of ether oxygens (including phenoxy) is 1. The molecule has 3 aromatic rings. The van der Waals surface area contributed by atoms with Gasteiger partial charge in [0.2, 0.25) is 0 Å². The summed E-state index contributed by atoms with van der Waals surface area (Å²) in [5.41, 5.74) is 4.87. The van der Waals surface area contributed by atoms with E-state index in [1.54, 1.807) is 12.3 Å². The first kappa shape index (κ1) is 23.7. The summed E-state index contributed by atoms with van der Waals surface area (Å²) in [6.07, 6.45) is 3.90. The van der Waals surface area contributed by atoms with Gasteiger partial charge in [0.05, 0.1) is 41.6 Å². The Hall–Kier alpha value is -3.46. The second-order valence-corrected chi connectivity index (χ2v) is 8.84. The minimum absolute atomic E-state index is 0.00501. The normalized spacial score (nSPS) is 17.6. The number of benzene rings is 1. The minimum atomic E-state index is -0.415. The predicted octanol–water partition coefficient (Wildman–Crippen LogP) is 5.18. The summed E-state index contributed by atoms with van der Waals surface area (Å²) >= 11 is 5.76. The highest BCUT2D eigenvalue weighted by molar-refractivity contribution is 7.80. The van der Waals surface area contributed by atoms with Crippen LogP contribution in [0.4, 0.5) is 5.69 Å². The Kier molecular flexibility index (Phi) is 6.83. The molecule has 0 bridgehead atoms. The number of rotatable bonds is 8. The lowest BCUT2D eigenvalue weighted by Gasteiger charge is -2.28. The van der Waals surface area contributed by atoms with Crippen LogP contribution in [0.3, 0.4) is 0 Å². The minimum Gasteiger partial charge on any atom is -0.494 e. The summed E-state index contributed by atoms with van der Waals surface area (Å²) in [4.78, 5) is 17.7. The third kappa shape index (κ3) is 4.23. The first-order valence-electron chi connectivity index (χ1n) is 11.4. The van der Waals surface area contributed by atoms with Crippen LogP contribution in [0.5, 0.6) is 5.75 Å². The second-order valence-electron chi connectivity index (χ2n) is 8.45. The van der Waals surface area contributed by atoms with Crippen LogP contribution in [0, 0.1) is 24.0 Å². The molecule has 8 nitrogen and oxygen atoms in total. The van der Waals surface area contributed by atoms with Crippen LogP contribution in [0.1, 0.15) is 54.5 Å². The number of non-ortho nitro benzene ring substituents is 1. The van der Waals surface area contributed by atoms with E-state index in [2.05, 4.69) is 39.7 Å². The van der Waals surface area contributed by atoms with Crippen LogP contribution in [0.15, 0.2) is 48.7 Å². The molecule has 1 aliphatic rings. The number of nitrogens with zero attached hydrogens (tertiary/aromatic N) is 4. The average molecular weight is 480 g/mol. The zero-order valence-electron chi connectivity index (χ0n) is 19.8. The van der Waals surface area contributed by atoms with Crippen LogP contribution < -0.4 is 10.1 Å².